The van der Waals surface area contributed by atoms with Crippen LogP contribution in [0, 0.1) is 0 Å². The summed E-state index contributed by atoms with van der Waals surface area (Å²) in [6, 6.07) is 12.0. The average molecular weight is 492 g/mol. The standard InChI is InChI=1S/C23H25N5OS.2ClH/c1-11(2)26-21(24)13-6-8-17-16(9-13)19-15-7-5-14(22(25)27-12(3)4)10-18(15)30-20(19)23(29)28-17;;/h5-12H,1-4H3,(H2,24,26)(H2,25,27)(H,28,29);2*1H. The zero-order chi connectivity index (χ0) is 21.6. The van der Waals surface area contributed by atoms with Gasteiger partial charge >= 0.3 is 0 Å². The van der Waals surface area contributed by atoms with Crippen molar-refractivity contribution in [2.45, 2.75) is 39.8 Å². The van der Waals surface area contributed by atoms with E-state index in [0.29, 0.717) is 16.4 Å². The second kappa shape index (κ2) is 9.90. The molecule has 170 valence electrons. The van der Waals surface area contributed by atoms with Crippen molar-refractivity contribution in [3.63, 3.8) is 0 Å². The number of aliphatic imine (C=N–C) groups is 2. The molecule has 0 atom stereocenters. The van der Waals surface area contributed by atoms with Gasteiger partial charge < -0.3 is 16.5 Å². The highest BCUT2D eigenvalue weighted by atomic mass is 35.5. The lowest BCUT2D eigenvalue weighted by Gasteiger charge is -2.07. The Morgan fingerprint density at radius 1 is 0.875 bits per heavy atom. The third-order valence-electron chi connectivity index (χ3n) is 4.82. The Morgan fingerprint density at radius 3 is 2.03 bits per heavy atom. The van der Waals surface area contributed by atoms with Crippen molar-refractivity contribution < 1.29 is 0 Å². The molecule has 0 saturated heterocycles. The fourth-order valence-corrected chi connectivity index (χ4v) is 4.74. The van der Waals surface area contributed by atoms with Gasteiger partial charge in [-0.3, -0.25) is 14.8 Å². The van der Waals surface area contributed by atoms with Crippen molar-refractivity contribution in [3.05, 3.63) is 57.9 Å². The van der Waals surface area contributed by atoms with E-state index in [1.54, 1.807) is 0 Å². The van der Waals surface area contributed by atoms with Gasteiger partial charge in [-0.15, -0.1) is 36.2 Å². The highest BCUT2D eigenvalue weighted by Crippen LogP contribution is 2.36. The first-order valence-electron chi connectivity index (χ1n) is 9.94. The molecule has 0 unspecified atom stereocenters. The third-order valence-corrected chi connectivity index (χ3v) is 5.97. The number of fused-ring (bicyclic) bond motifs is 5. The number of nitrogens with two attached hydrogens (primary N) is 2. The number of aromatic nitrogens is 1. The zero-order valence-electron chi connectivity index (χ0n) is 18.3. The number of pyridine rings is 1. The second-order valence-electron chi connectivity index (χ2n) is 7.95. The van der Waals surface area contributed by atoms with Crippen molar-refractivity contribution >= 4 is 78.9 Å². The van der Waals surface area contributed by atoms with E-state index in [9.17, 15) is 4.79 Å². The number of halogens is 2. The minimum atomic E-state index is -0.0966. The molecule has 2 aromatic carbocycles. The largest absolute Gasteiger partial charge is 0.383 e. The van der Waals surface area contributed by atoms with E-state index in [2.05, 4.69) is 15.0 Å². The van der Waals surface area contributed by atoms with Crippen molar-refractivity contribution in [2.75, 3.05) is 0 Å². The Hall–Kier alpha value is -2.61. The molecule has 4 aromatic rings. The van der Waals surface area contributed by atoms with Gasteiger partial charge in [0.05, 0.1) is 0 Å². The van der Waals surface area contributed by atoms with Crippen LogP contribution in [-0.2, 0) is 0 Å². The predicted molar refractivity (Wildman–Crippen MR) is 144 cm³/mol. The van der Waals surface area contributed by atoms with Crippen molar-refractivity contribution in [2.24, 2.45) is 21.5 Å². The van der Waals surface area contributed by atoms with Crippen LogP contribution < -0.4 is 17.0 Å². The van der Waals surface area contributed by atoms with Gasteiger partial charge in [0, 0.05) is 49.6 Å². The number of benzene rings is 2. The lowest BCUT2D eigenvalue weighted by Crippen LogP contribution is -2.16. The number of hydrogen-bond acceptors (Lipinski definition) is 4. The van der Waals surface area contributed by atoms with Gasteiger partial charge in [0.25, 0.3) is 5.56 Å². The van der Waals surface area contributed by atoms with E-state index in [1.165, 1.54) is 11.3 Å². The van der Waals surface area contributed by atoms with Crippen LogP contribution in [0.1, 0.15) is 38.8 Å². The minimum Gasteiger partial charge on any atom is -0.383 e. The van der Waals surface area contributed by atoms with Crippen LogP contribution in [0.15, 0.2) is 51.2 Å². The van der Waals surface area contributed by atoms with Crippen molar-refractivity contribution in [1.82, 2.24) is 4.98 Å². The number of nitrogens with one attached hydrogen (secondary N) is 1. The number of rotatable bonds is 4. The molecule has 6 nitrogen and oxygen atoms in total. The molecule has 0 spiro atoms. The lowest BCUT2D eigenvalue weighted by molar-refractivity contribution is 0.834. The molecule has 0 radical (unpaired) electrons. The van der Waals surface area contributed by atoms with E-state index in [1.807, 2.05) is 64.1 Å². The summed E-state index contributed by atoms with van der Waals surface area (Å²) < 4.78 is 1.68. The summed E-state index contributed by atoms with van der Waals surface area (Å²) in [5.41, 5.74) is 14.7. The van der Waals surface area contributed by atoms with Crippen LogP contribution in [0.2, 0.25) is 0 Å². The predicted octanol–water partition coefficient (Wildman–Crippen LogP) is 4.97. The molecule has 0 bridgehead atoms. The number of aromatic amines is 1. The first-order valence-corrected chi connectivity index (χ1v) is 10.8. The average Bonchev–Trinajstić information content (AvgIpc) is 3.06. The number of thiophene rings is 1. The van der Waals surface area contributed by atoms with Crippen LogP contribution >= 0.6 is 36.2 Å². The number of nitrogens with zero attached hydrogens (tertiary/aromatic N) is 2. The quantitative estimate of drug-likeness (QED) is 0.276. The summed E-state index contributed by atoms with van der Waals surface area (Å²) in [6.07, 6.45) is 0. The summed E-state index contributed by atoms with van der Waals surface area (Å²) in [5, 5.41) is 2.90. The second-order valence-corrected chi connectivity index (χ2v) is 9.00. The molecule has 2 heterocycles. The molecule has 9 heteroatoms. The van der Waals surface area contributed by atoms with Crippen molar-refractivity contribution in [1.29, 1.82) is 0 Å². The Morgan fingerprint density at radius 2 is 1.44 bits per heavy atom. The maximum Gasteiger partial charge on any atom is 0.266 e. The van der Waals surface area contributed by atoms with Crippen molar-refractivity contribution in [3.8, 4) is 0 Å². The Kier molecular flexibility index (Phi) is 7.93. The van der Waals surface area contributed by atoms with E-state index in [0.717, 1.165) is 37.5 Å². The molecular formula is C23H27Cl2N5OS. The summed E-state index contributed by atoms with van der Waals surface area (Å²) in [6.45, 7) is 7.95. The first kappa shape index (κ1) is 25.6. The van der Waals surface area contributed by atoms with E-state index in [4.69, 9.17) is 11.5 Å². The molecule has 2 aromatic heterocycles. The maximum absolute atomic E-state index is 12.7. The van der Waals surface area contributed by atoms with Gasteiger partial charge in [0.15, 0.2) is 0 Å². The summed E-state index contributed by atoms with van der Waals surface area (Å²) >= 11 is 1.46. The molecule has 0 aliphatic carbocycles. The number of hydrogen-bond donors (Lipinski definition) is 3. The van der Waals surface area contributed by atoms with Gasteiger partial charge in [0.2, 0.25) is 0 Å². The van der Waals surface area contributed by atoms with Gasteiger partial charge in [-0.1, -0.05) is 12.1 Å². The molecule has 4 rings (SSSR count). The zero-order valence-corrected chi connectivity index (χ0v) is 20.8. The Balaban J connectivity index is 0.00000181. The molecule has 0 aliphatic heterocycles. The molecule has 0 saturated carbocycles. The Labute approximate surface area is 202 Å². The first-order chi connectivity index (χ1) is 14.2. The van der Waals surface area contributed by atoms with Crippen LogP contribution in [0.25, 0.3) is 31.1 Å². The van der Waals surface area contributed by atoms with Crippen LogP contribution in [-0.4, -0.2) is 28.7 Å². The number of H-pyrrole nitrogens is 1. The monoisotopic (exact) mass is 491 g/mol. The molecule has 0 aliphatic rings. The Bertz CT molecular complexity index is 1400. The highest BCUT2D eigenvalue weighted by Gasteiger charge is 2.15. The smallest absolute Gasteiger partial charge is 0.266 e. The maximum atomic E-state index is 12.7. The molecule has 5 N–H and O–H groups in total. The number of amidine groups is 2. The summed E-state index contributed by atoms with van der Waals surface area (Å²) in [5.74, 6) is 0.994. The fourth-order valence-electron chi connectivity index (χ4n) is 3.59. The molecule has 32 heavy (non-hydrogen) atoms. The molecule has 0 fully saturated rings. The van der Waals surface area contributed by atoms with Gasteiger partial charge in [-0.2, -0.15) is 0 Å². The summed E-state index contributed by atoms with van der Waals surface area (Å²) in [7, 11) is 0. The minimum absolute atomic E-state index is 0. The SMILES string of the molecule is CC(C)N=C(N)c1ccc2c(c1)sc1c(=O)[nH]c3ccc(C(N)=NC(C)C)cc3c12.Cl.Cl. The van der Waals surface area contributed by atoms with E-state index < -0.39 is 0 Å². The normalized spacial score (nSPS) is 12.6. The topological polar surface area (TPSA) is 110 Å². The van der Waals surface area contributed by atoms with Gasteiger partial charge in [-0.25, -0.2) is 0 Å². The van der Waals surface area contributed by atoms with Crippen LogP contribution in [0.4, 0.5) is 0 Å². The van der Waals surface area contributed by atoms with Gasteiger partial charge in [-0.05, 0) is 52.0 Å². The van der Waals surface area contributed by atoms with Crippen LogP contribution in [0.5, 0.6) is 0 Å². The highest BCUT2D eigenvalue weighted by molar-refractivity contribution is 7.26. The van der Waals surface area contributed by atoms with Crippen LogP contribution in [0.3, 0.4) is 0 Å². The summed E-state index contributed by atoms with van der Waals surface area (Å²) in [4.78, 5) is 24.6. The molecule has 0 amide bonds. The fraction of sp³-hybridized carbons (Fsp3) is 0.261. The lowest BCUT2D eigenvalue weighted by atomic mass is 10.0. The molecular weight excluding hydrogens is 465 g/mol. The third kappa shape index (κ3) is 4.75. The van der Waals surface area contributed by atoms with E-state index >= 15 is 0 Å². The van der Waals surface area contributed by atoms with E-state index in [-0.39, 0.29) is 42.5 Å². The van der Waals surface area contributed by atoms with Gasteiger partial charge in [0.1, 0.15) is 16.4 Å².